The zero-order chi connectivity index (χ0) is 92.6. The van der Waals surface area contributed by atoms with Crippen LogP contribution in [-0.4, -0.2) is 338 Å². The Morgan fingerprint density at radius 2 is 0.738 bits per heavy atom. The number of alkyl carbamates (subject to hydrolysis) is 1. The number of methoxy groups -OCH3 is 2. The number of carbonyl (C=O) groups is 12. The predicted molar refractivity (Wildman–Crippen MR) is 451 cm³/mol. The van der Waals surface area contributed by atoms with Gasteiger partial charge in [0.05, 0.1) is 78.2 Å². The third-order valence-electron chi connectivity index (χ3n) is 22.6. The number of Topliss-reactive ketones (excluding diaryl/α,β-unsaturated/α-hetero) is 2. The first-order chi connectivity index (χ1) is 60.5. The number of esters is 2. The maximum atomic E-state index is 14.2. The van der Waals surface area contributed by atoms with Gasteiger partial charge in [0, 0.05) is 131 Å². The molecule has 0 spiro atoms. The van der Waals surface area contributed by atoms with Crippen LogP contribution in [0.5, 0.6) is 0 Å². The molecule has 0 radical (unpaired) electrons. The number of hydrogen-bond acceptors (Lipinski definition) is 32. The Hall–Kier alpha value is -6.84. The van der Waals surface area contributed by atoms with Crippen LogP contribution in [0.2, 0.25) is 0 Å². The molecule has 15 unspecified atom stereocenters. The Balaban J connectivity index is 1.29. The van der Waals surface area contributed by atoms with Gasteiger partial charge >= 0.3 is 18.0 Å². The average Bonchev–Trinajstić information content (AvgIpc) is 0.960. The summed E-state index contributed by atoms with van der Waals surface area (Å²) in [4.78, 5) is 155. The van der Waals surface area contributed by atoms with Gasteiger partial charge < -0.3 is 140 Å². The minimum absolute atomic E-state index is 0.00387. The summed E-state index contributed by atoms with van der Waals surface area (Å²) in [6.45, 7) is 4.02. The summed E-state index contributed by atoms with van der Waals surface area (Å²) < 4.78 is 61.8. The molecule has 40 heteroatoms. The quantitative estimate of drug-likeness (QED) is 0.0231. The number of nitrogens with zero attached hydrogens (tertiary/aromatic N) is 1. The molecule has 4 aliphatic heterocycles. The van der Waals surface area contributed by atoms with E-state index in [2.05, 4.69) is 37.2 Å². The van der Waals surface area contributed by atoms with E-state index in [0.717, 1.165) is 57.8 Å². The van der Waals surface area contributed by atoms with Crippen LogP contribution in [0.1, 0.15) is 258 Å². The lowest BCUT2D eigenvalue weighted by Crippen LogP contribution is -2.64. The second-order valence-electron chi connectivity index (χ2n) is 33.2. The van der Waals surface area contributed by atoms with Gasteiger partial charge in [-0.05, 0) is 116 Å². The number of unbranched alkanes of at least 4 members (excludes halogenated alkanes) is 13. The summed E-state index contributed by atoms with van der Waals surface area (Å²) in [6, 6.07) is -3.38. The monoisotopic (exact) mass is 1810 g/mol. The van der Waals surface area contributed by atoms with E-state index < -0.39 is 159 Å². The van der Waals surface area contributed by atoms with Crippen LogP contribution in [0, 0.1) is 0 Å². The minimum Gasteiger partial charge on any atom is -0.466 e. The highest BCUT2D eigenvalue weighted by Gasteiger charge is 2.48. The fourth-order valence-corrected chi connectivity index (χ4v) is 15.7. The van der Waals surface area contributed by atoms with Crippen LogP contribution < -0.4 is 37.2 Å². The lowest BCUT2D eigenvalue weighted by atomic mass is 9.83. The average molecular weight is 1810 g/mol. The summed E-state index contributed by atoms with van der Waals surface area (Å²) in [6.07, 6.45) is -0.255. The van der Waals surface area contributed by atoms with E-state index in [1.54, 1.807) is 19.1 Å². The first kappa shape index (κ1) is 111. The standard InChI is InChI=1S/C86H150N8O32/c1-57(98)90-73-79(112)76(109)64(53-95)124-82(73)120-45-23-31-61(101)29-15-9-6-14-22-44-89-85(115)123-50-28-41-86(93-69(105)38-37-62(102)30-18-19-34-70(106)94-52-63(117-5)51-60(94)56-116-4,39-26-48-118-71(107)35-16-10-7-12-20-42-87-67(103)32-24-46-121-83-74(91-58(2)99)80(113)77(110)65(54-96)125-83)40-27-49-119-72(108)36-17-11-8-13-21-43-88-68(104)33-25-47-122-84-75(92-59(3)100)81(114)78(111)66(55-97)126-84/h60,63-66,73-84,95-97,109-114H,6-56H2,1-5H3,(H,87,103)(H,88,104)(H,89,115)(H,90,98)(H,91,99)(H,92,100)(H,93,105)/t60-,63+,64?,65?,66?,73?,74?,75?,76?,77?,78?,79?,80?,81?,82?,83?,84?,86?/m1/s1. The molecular weight excluding hydrogens is 1660 g/mol. The van der Waals surface area contributed by atoms with Crippen LogP contribution >= 0.6 is 0 Å². The van der Waals surface area contributed by atoms with E-state index in [4.69, 9.17) is 52.1 Å². The molecule has 40 nitrogen and oxygen atoms in total. The van der Waals surface area contributed by atoms with Crippen LogP contribution in [0.15, 0.2) is 0 Å². The van der Waals surface area contributed by atoms with Crippen molar-refractivity contribution in [3.8, 4) is 0 Å². The highest BCUT2D eigenvalue weighted by molar-refractivity contribution is 5.85. The Bertz CT molecular complexity index is 2910. The largest absolute Gasteiger partial charge is 0.466 e. The first-order valence-electron chi connectivity index (χ1n) is 45.4. The number of amides is 8. The number of likely N-dealkylation sites (tertiary alicyclic amines) is 1. The summed E-state index contributed by atoms with van der Waals surface area (Å²) in [5.41, 5.74) is -1.02. The van der Waals surface area contributed by atoms with Crippen molar-refractivity contribution in [1.82, 2.24) is 42.1 Å². The van der Waals surface area contributed by atoms with Crippen LogP contribution in [-0.2, 0) is 105 Å². The molecule has 4 saturated heterocycles. The Kier molecular flexibility index (Phi) is 57.4. The zero-order valence-corrected chi connectivity index (χ0v) is 74.7. The van der Waals surface area contributed by atoms with Crippen LogP contribution in [0.25, 0.3) is 0 Å². The summed E-state index contributed by atoms with van der Waals surface area (Å²) in [5.74, 6) is -3.31. The molecule has 0 bridgehead atoms. The SMILES string of the molecule is COC[C@H]1C[C@H](OC)CN1C(=O)CCCCC(=O)CCC(=O)NC(CCCOC(=O)CCCCCCCNC(=O)CCCOC1OC(CO)C(O)C(O)C1NC(C)=O)(CCCOC(=O)CCCCCCCNC(=O)CCCOC1OC(CO)C(O)C(O)C1NC(C)=O)CCCOC(=O)NCCCCCCCC(=O)CCCOC1OC(CO)C(O)C(O)C1NC(C)=O. The highest BCUT2D eigenvalue weighted by atomic mass is 16.7. The third-order valence-corrected chi connectivity index (χ3v) is 22.6. The topological polar surface area (TPSA) is 576 Å². The Morgan fingerprint density at radius 3 is 1.14 bits per heavy atom. The zero-order valence-electron chi connectivity index (χ0n) is 74.7. The molecule has 126 heavy (non-hydrogen) atoms. The number of ether oxygens (including phenoxy) is 11. The summed E-state index contributed by atoms with van der Waals surface area (Å²) in [5, 5.41) is 110. The Morgan fingerprint density at radius 1 is 0.381 bits per heavy atom. The molecule has 4 aliphatic rings. The van der Waals surface area contributed by atoms with Gasteiger partial charge in [-0.2, -0.15) is 0 Å². The van der Waals surface area contributed by atoms with E-state index in [1.165, 1.54) is 20.8 Å². The fourth-order valence-electron chi connectivity index (χ4n) is 15.7. The number of nitrogens with one attached hydrogen (secondary N) is 7. The van der Waals surface area contributed by atoms with Crippen molar-refractivity contribution >= 4 is 70.9 Å². The lowest BCUT2D eigenvalue weighted by Gasteiger charge is -2.42. The van der Waals surface area contributed by atoms with E-state index >= 15 is 0 Å². The summed E-state index contributed by atoms with van der Waals surface area (Å²) >= 11 is 0. The first-order valence-corrected chi connectivity index (χ1v) is 45.4. The molecule has 8 amide bonds. The summed E-state index contributed by atoms with van der Waals surface area (Å²) in [7, 11) is 3.19. The number of rotatable bonds is 69. The number of aliphatic hydroxyl groups excluding tert-OH is 9. The van der Waals surface area contributed by atoms with Gasteiger partial charge in [0.15, 0.2) is 18.9 Å². The van der Waals surface area contributed by atoms with Crippen molar-refractivity contribution in [3.63, 3.8) is 0 Å². The van der Waals surface area contributed by atoms with Crippen molar-refractivity contribution in [2.45, 2.75) is 368 Å². The molecule has 0 aromatic heterocycles. The molecule has 16 N–H and O–H groups in total. The highest BCUT2D eigenvalue weighted by Crippen LogP contribution is 2.30. The van der Waals surface area contributed by atoms with Crippen molar-refractivity contribution < 1.29 is 156 Å². The van der Waals surface area contributed by atoms with Gasteiger partial charge in [-0.15, -0.1) is 0 Å². The minimum atomic E-state index is -1.46. The molecular formula is C86H150N8O32. The second kappa shape index (κ2) is 64.8. The molecule has 726 valence electrons. The molecule has 0 aromatic carbocycles. The molecule has 0 saturated carbocycles. The molecule has 0 aliphatic carbocycles. The van der Waals surface area contributed by atoms with Gasteiger partial charge in [0.1, 0.15) is 84.6 Å². The molecule has 4 rings (SSSR count). The van der Waals surface area contributed by atoms with E-state index in [-0.39, 0.29) is 177 Å². The van der Waals surface area contributed by atoms with E-state index in [1.807, 2.05) is 0 Å². The van der Waals surface area contributed by atoms with Crippen molar-refractivity contribution in [3.05, 3.63) is 0 Å². The van der Waals surface area contributed by atoms with Crippen LogP contribution in [0.3, 0.4) is 0 Å². The number of carbonyl (C=O) groups excluding carboxylic acids is 12. The van der Waals surface area contributed by atoms with Crippen molar-refractivity contribution in [2.75, 3.05) is 106 Å². The third kappa shape index (κ3) is 45.1. The molecule has 0 aromatic rings. The number of ketones is 2. The van der Waals surface area contributed by atoms with Gasteiger partial charge in [-0.25, -0.2) is 4.79 Å². The fraction of sp³-hybridized carbons (Fsp3) is 0.860. The lowest BCUT2D eigenvalue weighted by molar-refractivity contribution is -0.270. The normalized spacial score (nSPS) is 24.6. The molecule has 4 fully saturated rings. The van der Waals surface area contributed by atoms with Gasteiger partial charge in [-0.3, -0.25) is 52.7 Å². The number of hydrogen-bond donors (Lipinski definition) is 16. The van der Waals surface area contributed by atoms with Gasteiger partial charge in [-0.1, -0.05) is 57.8 Å². The van der Waals surface area contributed by atoms with E-state index in [0.29, 0.717) is 116 Å². The van der Waals surface area contributed by atoms with E-state index in [9.17, 15) is 103 Å². The second-order valence-corrected chi connectivity index (χ2v) is 33.2. The number of aliphatic hydroxyl groups is 9. The van der Waals surface area contributed by atoms with Gasteiger partial charge in [0.25, 0.3) is 0 Å². The van der Waals surface area contributed by atoms with Crippen molar-refractivity contribution in [2.24, 2.45) is 0 Å². The Labute approximate surface area is 740 Å². The van der Waals surface area contributed by atoms with Gasteiger partial charge in [0.2, 0.25) is 41.4 Å². The maximum Gasteiger partial charge on any atom is 0.407 e. The maximum absolute atomic E-state index is 14.2. The van der Waals surface area contributed by atoms with Crippen molar-refractivity contribution in [1.29, 1.82) is 0 Å². The van der Waals surface area contributed by atoms with Crippen LogP contribution in [0.4, 0.5) is 4.79 Å². The predicted octanol–water partition coefficient (Wildman–Crippen LogP) is 1.21. The molecule has 17 atom stereocenters. The smallest absolute Gasteiger partial charge is 0.407 e. The molecule has 4 heterocycles.